The van der Waals surface area contributed by atoms with Crippen LogP contribution in [-0.2, 0) is 14.3 Å². The maximum atomic E-state index is 11.1. The quantitative estimate of drug-likeness (QED) is 0.454. The van der Waals surface area contributed by atoms with Crippen molar-refractivity contribution in [1.29, 1.82) is 0 Å². The summed E-state index contributed by atoms with van der Waals surface area (Å²) < 4.78 is 9.69. The van der Waals surface area contributed by atoms with Crippen molar-refractivity contribution in [2.24, 2.45) is 0 Å². The Kier molecular flexibility index (Phi) is 2.49. The summed E-state index contributed by atoms with van der Waals surface area (Å²) >= 11 is 0. The van der Waals surface area contributed by atoms with Gasteiger partial charge >= 0.3 is 5.97 Å². The average Bonchev–Trinajstić information content (AvgIpc) is 2.80. The fraction of sp³-hybridized carbons (Fsp3) is 0.875. The van der Waals surface area contributed by atoms with Crippen LogP contribution in [0.25, 0.3) is 0 Å². The fourth-order valence-corrected chi connectivity index (χ4v) is 1.10. The van der Waals surface area contributed by atoms with Crippen molar-refractivity contribution in [3.63, 3.8) is 0 Å². The Morgan fingerprint density at radius 3 is 2.73 bits per heavy atom. The van der Waals surface area contributed by atoms with Gasteiger partial charge in [0, 0.05) is 0 Å². The Morgan fingerprint density at radius 2 is 2.36 bits per heavy atom. The average molecular weight is 158 g/mol. The predicted molar refractivity (Wildman–Crippen MR) is 40.2 cm³/mol. The second-order valence-electron chi connectivity index (χ2n) is 2.88. The Hall–Kier alpha value is -0.570. The molecule has 1 unspecified atom stereocenters. The van der Waals surface area contributed by atoms with Gasteiger partial charge in [0.15, 0.2) is 5.60 Å². The van der Waals surface area contributed by atoms with Gasteiger partial charge in [-0.3, -0.25) is 0 Å². The van der Waals surface area contributed by atoms with E-state index in [-0.39, 0.29) is 5.97 Å². The number of carbonyl (C=O) groups excluding carboxylic acids is 1. The highest BCUT2D eigenvalue weighted by atomic mass is 16.6. The van der Waals surface area contributed by atoms with Crippen molar-refractivity contribution in [3.8, 4) is 0 Å². The van der Waals surface area contributed by atoms with Gasteiger partial charge in [0.25, 0.3) is 0 Å². The van der Waals surface area contributed by atoms with Gasteiger partial charge in [-0.25, -0.2) is 4.79 Å². The Balaban J connectivity index is 2.34. The van der Waals surface area contributed by atoms with E-state index >= 15 is 0 Å². The molecule has 11 heavy (non-hydrogen) atoms. The number of epoxide rings is 1. The molecule has 1 aliphatic rings. The zero-order valence-corrected chi connectivity index (χ0v) is 7.05. The van der Waals surface area contributed by atoms with Crippen LogP contribution in [0.3, 0.4) is 0 Å². The summed E-state index contributed by atoms with van der Waals surface area (Å²) in [4.78, 5) is 11.1. The molecule has 0 aliphatic carbocycles. The normalized spacial score (nSPS) is 28.2. The number of carbonyl (C=O) groups is 1. The van der Waals surface area contributed by atoms with E-state index in [2.05, 4.69) is 11.7 Å². The predicted octanol–water partition coefficient (Wildman–Crippen LogP) is 1.12. The van der Waals surface area contributed by atoms with Crippen molar-refractivity contribution in [3.05, 3.63) is 0 Å². The first kappa shape index (κ1) is 8.53. The lowest BCUT2D eigenvalue weighted by Crippen LogP contribution is -2.25. The number of hydrogen-bond donors (Lipinski definition) is 0. The number of unbranched alkanes of at least 4 members (excludes halogenated alkanes) is 1. The first-order valence-corrected chi connectivity index (χ1v) is 3.97. The summed E-state index contributed by atoms with van der Waals surface area (Å²) in [5.74, 6) is -0.217. The third-order valence-corrected chi connectivity index (χ3v) is 1.98. The molecule has 0 aromatic carbocycles. The molecule has 1 saturated heterocycles. The summed E-state index contributed by atoms with van der Waals surface area (Å²) in [7, 11) is 1.40. The maximum Gasteiger partial charge on any atom is 0.340 e. The van der Waals surface area contributed by atoms with Gasteiger partial charge in [0.1, 0.15) is 0 Å². The largest absolute Gasteiger partial charge is 0.467 e. The first-order chi connectivity index (χ1) is 5.25. The minimum Gasteiger partial charge on any atom is -0.467 e. The molecule has 0 radical (unpaired) electrons. The van der Waals surface area contributed by atoms with E-state index in [1.807, 2.05) is 0 Å². The topological polar surface area (TPSA) is 38.8 Å². The van der Waals surface area contributed by atoms with Crippen LogP contribution < -0.4 is 0 Å². The van der Waals surface area contributed by atoms with E-state index in [0.717, 1.165) is 19.3 Å². The van der Waals surface area contributed by atoms with E-state index < -0.39 is 5.60 Å². The van der Waals surface area contributed by atoms with Crippen LogP contribution in [0.2, 0.25) is 0 Å². The van der Waals surface area contributed by atoms with Gasteiger partial charge < -0.3 is 9.47 Å². The number of ether oxygens (including phenoxy) is 2. The molecule has 1 aliphatic heterocycles. The summed E-state index contributed by atoms with van der Waals surface area (Å²) in [6, 6.07) is 0. The van der Waals surface area contributed by atoms with Crippen LogP contribution in [0.15, 0.2) is 0 Å². The molecule has 0 aromatic heterocycles. The molecule has 64 valence electrons. The highest BCUT2D eigenvalue weighted by Crippen LogP contribution is 2.33. The zero-order valence-electron chi connectivity index (χ0n) is 7.05. The minimum atomic E-state index is -0.551. The van der Waals surface area contributed by atoms with Crippen molar-refractivity contribution < 1.29 is 14.3 Å². The number of rotatable bonds is 4. The molecule has 0 N–H and O–H groups in total. The molecule has 0 spiro atoms. The van der Waals surface area contributed by atoms with Gasteiger partial charge in [0.05, 0.1) is 13.7 Å². The van der Waals surface area contributed by atoms with E-state index in [4.69, 9.17) is 4.74 Å². The molecule has 0 amide bonds. The van der Waals surface area contributed by atoms with E-state index in [0.29, 0.717) is 6.61 Å². The van der Waals surface area contributed by atoms with Crippen LogP contribution in [0.5, 0.6) is 0 Å². The fourth-order valence-electron chi connectivity index (χ4n) is 1.10. The van der Waals surface area contributed by atoms with Crippen LogP contribution in [-0.4, -0.2) is 25.3 Å². The van der Waals surface area contributed by atoms with Crippen molar-refractivity contribution >= 4 is 5.97 Å². The summed E-state index contributed by atoms with van der Waals surface area (Å²) in [5.41, 5.74) is -0.551. The lowest BCUT2D eigenvalue weighted by molar-refractivity contribution is -0.147. The van der Waals surface area contributed by atoms with E-state index in [1.165, 1.54) is 7.11 Å². The molecular formula is C8H14O3. The second kappa shape index (κ2) is 3.22. The van der Waals surface area contributed by atoms with Gasteiger partial charge in [-0.15, -0.1) is 0 Å². The molecule has 1 fully saturated rings. The molecule has 0 saturated carbocycles. The smallest absolute Gasteiger partial charge is 0.340 e. The standard InChI is InChI=1S/C8H14O3/c1-3-4-5-8(6-11-8)7(9)10-2/h3-6H2,1-2H3. The number of esters is 1. The Bertz CT molecular complexity index is 149. The number of methoxy groups -OCH3 is 1. The lowest BCUT2D eigenvalue weighted by atomic mass is 10.0. The van der Waals surface area contributed by atoms with Crippen LogP contribution in [0.4, 0.5) is 0 Å². The van der Waals surface area contributed by atoms with Gasteiger partial charge in [-0.05, 0) is 6.42 Å². The van der Waals surface area contributed by atoms with E-state index in [9.17, 15) is 4.79 Å². The third kappa shape index (κ3) is 1.71. The summed E-state index contributed by atoms with van der Waals surface area (Å²) in [6.07, 6.45) is 2.91. The second-order valence-corrected chi connectivity index (χ2v) is 2.88. The molecule has 1 rings (SSSR count). The molecule has 1 atom stereocenters. The molecule has 3 nitrogen and oxygen atoms in total. The SMILES string of the molecule is CCCCC1(C(=O)OC)CO1. The highest BCUT2D eigenvalue weighted by Gasteiger charge is 2.52. The van der Waals surface area contributed by atoms with Crippen LogP contribution in [0.1, 0.15) is 26.2 Å². The zero-order chi connectivity index (χ0) is 8.32. The van der Waals surface area contributed by atoms with Gasteiger partial charge in [0.2, 0.25) is 0 Å². The molecule has 0 aromatic rings. The van der Waals surface area contributed by atoms with Gasteiger partial charge in [-0.2, -0.15) is 0 Å². The van der Waals surface area contributed by atoms with Crippen LogP contribution >= 0.6 is 0 Å². The first-order valence-electron chi connectivity index (χ1n) is 3.97. The molecule has 3 heteroatoms. The van der Waals surface area contributed by atoms with Crippen LogP contribution in [0, 0.1) is 0 Å². The summed E-state index contributed by atoms with van der Waals surface area (Å²) in [6.45, 7) is 2.63. The Morgan fingerprint density at radius 1 is 1.73 bits per heavy atom. The van der Waals surface area contributed by atoms with Crippen molar-refractivity contribution in [1.82, 2.24) is 0 Å². The lowest BCUT2D eigenvalue weighted by Gasteiger charge is -2.07. The monoisotopic (exact) mass is 158 g/mol. The molecule has 1 heterocycles. The maximum absolute atomic E-state index is 11.1. The number of hydrogen-bond acceptors (Lipinski definition) is 3. The van der Waals surface area contributed by atoms with E-state index in [1.54, 1.807) is 0 Å². The summed E-state index contributed by atoms with van der Waals surface area (Å²) in [5, 5.41) is 0. The highest BCUT2D eigenvalue weighted by molar-refractivity contribution is 5.82. The van der Waals surface area contributed by atoms with Crippen molar-refractivity contribution in [2.75, 3.05) is 13.7 Å². The molecule has 0 bridgehead atoms. The third-order valence-electron chi connectivity index (χ3n) is 1.98. The van der Waals surface area contributed by atoms with Gasteiger partial charge in [-0.1, -0.05) is 19.8 Å². The molecular weight excluding hydrogens is 144 g/mol. The Labute approximate surface area is 66.7 Å². The minimum absolute atomic E-state index is 0.217. The van der Waals surface area contributed by atoms with Crippen molar-refractivity contribution in [2.45, 2.75) is 31.8 Å².